The molecular formula is C12H18N2O2. The second-order valence-corrected chi connectivity index (χ2v) is 4.73. The Morgan fingerprint density at radius 3 is 2.44 bits per heavy atom. The molecule has 3 N–H and O–H groups in total. The zero-order valence-electron chi connectivity index (χ0n) is 9.37. The molecule has 2 aliphatic rings. The highest BCUT2D eigenvalue weighted by Crippen LogP contribution is 2.25. The summed E-state index contributed by atoms with van der Waals surface area (Å²) in [6.45, 7) is 0. The number of nitrogens with two attached hydrogens (primary N) is 1. The third-order valence-corrected chi connectivity index (χ3v) is 3.50. The van der Waals surface area contributed by atoms with Gasteiger partial charge >= 0.3 is 0 Å². The van der Waals surface area contributed by atoms with Gasteiger partial charge in [-0.05, 0) is 32.1 Å². The number of carbonyl (C=O) groups excluding carboxylic acids is 2. The Bertz CT molecular complexity index is 328. The van der Waals surface area contributed by atoms with Crippen LogP contribution in [0.2, 0.25) is 0 Å². The summed E-state index contributed by atoms with van der Waals surface area (Å²) in [5.41, 5.74) is 6.34. The maximum atomic E-state index is 11.1. The quantitative estimate of drug-likeness (QED) is 0.744. The second-order valence-electron chi connectivity index (χ2n) is 4.73. The molecule has 0 unspecified atom stereocenters. The molecule has 4 nitrogen and oxygen atoms in total. The van der Waals surface area contributed by atoms with Gasteiger partial charge in [-0.25, -0.2) is 0 Å². The van der Waals surface area contributed by atoms with Crippen LogP contribution in [0.25, 0.3) is 0 Å². The van der Waals surface area contributed by atoms with Crippen molar-refractivity contribution in [2.75, 3.05) is 0 Å². The molecule has 0 aromatic heterocycles. The van der Waals surface area contributed by atoms with Gasteiger partial charge in [-0.15, -0.1) is 0 Å². The Balaban J connectivity index is 1.79. The molecule has 1 fully saturated rings. The molecule has 0 saturated heterocycles. The van der Waals surface area contributed by atoms with Crippen molar-refractivity contribution < 1.29 is 9.59 Å². The Morgan fingerprint density at radius 2 is 1.94 bits per heavy atom. The predicted octanol–water partition coefficient (Wildman–Crippen LogP) is 0.867. The molecule has 0 bridgehead atoms. The van der Waals surface area contributed by atoms with E-state index in [9.17, 15) is 9.59 Å². The minimum atomic E-state index is -0.172. The molecule has 0 radical (unpaired) electrons. The van der Waals surface area contributed by atoms with Gasteiger partial charge in [0.05, 0.1) is 0 Å². The van der Waals surface area contributed by atoms with Crippen LogP contribution in [0.3, 0.4) is 0 Å². The number of rotatable bonds is 3. The summed E-state index contributed by atoms with van der Waals surface area (Å²) in [5.74, 6) is 0.0965. The summed E-state index contributed by atoms with van der Waals surface area (Å²) in [6, 6.07) is 0.410. The molecule has 88 valence electrons. The highest BCUT2D eigenvalue weighted by atomic mass is 16.1. The summed E-state index contributed by atoms with van der Waals surface area (Å²) < 4.78 is 0. The first kappa shape index (κ1) is 11.2. The molecule has 0 atom stereocenters. The highest BCUT2D eigenvalue weighted by Gasteiger charge is 2.25. The van der Waals surface area contributed by atoms with Gasteiger partial charge in [-0.2, -0.15) is 0 Å². The Kier molecular flexibility index (Phi) is 3.27. The summed E-state index contributed by atoms with van der Waals surface area (Å²) in [7, 11) is 0. The SMILES string of the molecule is NC(=O)C1CCC(NC2=CC(=O)CC2)CC1. The minimum Gasteiger partial charge on any atom is -0.385 e. The topological polar surface area (TPSA) is 72.2 Å². The van der Waals surface area contributed by atoms with E-state index in [1.807, 2.05) is 0 Å². The van der Waals surface area contributed by atoms with Crippen molar-refractivity contribution in [3.05, 3.63) is 11.8 Å². The largest absolute Gasteiger partial charge is 0.385 e. The van der Waals surface area contributed by atoms with Crippen LogP contribution in [-0.2, 0) is 9.59 Å². The zero-order chi connectivity index (χ0) is 11.5. The van der Waals surface area contributed by atoms with Crippen LogP contribution in [-0.4, -0.2) is 17.7 Å². The lowest BCUT2D eigenvalue weighted by Crippen LogP contribution is -2.36. The third kappa shape index (κ3) is 2.62. The lowest BCUT2D eigenvalue weighted by atomic mass is 9.85. The van der Waals surface area contributed by atoms with E-state index >= 15 is 0 Å². The number of hydrogen-bond acceptors (Lipinski definition) is 3. The Labute approximate surface area is 95.3 Å². The number of nitrogens with one attached hydrogen (secondary N) is 1. The first-order valence-electron chi connectivity index (χ1n) is 5.94. The molecule has 2 aliphatic carbocycles. The van der Waals surface area contributed by atoms with Crippen molar-refractivity contribution in [1.82, 2.24) is 5.32 Å². The zero-order valence-corrected chi connectivity index (χ0v) is 9.37. The van der Waals surface area contributed by atoms with Gasteiger partial charge in [-0.3, -0.25) is 9.59 Å². The van der Waals surface area contributed by atoms with Gasteiger partial charge in [0.1, 0.15) is 0 Å². The standard InChI is InChI=1S/C12H18N2O2/c13-12(16)8-1-3-9(4-2-8)14-10-5-6-11(15)7-10/h7-9,14H,1-6H2,(H2,13,16). The average Bonchev–Trinajstić information content (AvgIpc) is 2.65. The normalized spacial score (nSPS) is 30.0. The van der Waals surface area contributed by atoms with Crippen molar-refractivity contribution in [3.63, 3.8) is 0 Å². The molecule has 0 heterocycles. The van der Waals surface area contributed by atoms with Gasteiger partial charge in [0.15, 0.2) is 5.78 Å². The first-order chi connectivity index (χ1) is 7.65. The van der Waals surface area contributed by atoms with E-state index in [4.69, 9.17) is 5.73 Å². The molecule has 1 amide bonds. The maximum absolute atomic E-state index is 11.1. The van der Waals surface area contributed by atoms with E-state index in [1.54, 1.807) is 6.08 Å². The van der Waals surface area contributed by atoms with Gasteiger partial charge < -0.3 is 11.1 Å². The van der Waals surface area contributed by atoms with Crippen molar-refractivity contribution in [3.8, 4) is 0 Å². The smallest absolute Gasteiger partial charge is 0.220 e. The Morgan fingerprint density at radius 1 is 1.25 bits per heavy atom. The van der Waals surface area contributed by atoms with E-state index in [0.29, 0.717) is 12.5 Å². The van der Waals surface area contributed by atoms with Crippen LogP contribution in [0.4, 0.5) is 0 Å². The van der Waals surface area contributed by atoms with E-state index in [0.717, 1.165) is 37.8 Å². The number of amides is 1. The van der Waals surface area contributed by atoms with Crippen LogP contribution in [0.15, 0.2) is 11.8 Å². The van der Waals surface area contributed by atoms with E-state index in [-0.39, 0.29) is 17.6 Å². The first-order valence-corrected chi connectivity index (χ1v) is 5.94. The van der Waals surface area contributed by atoms with E-state index in [2.05, 4.69) is 5.32 Å². The number of hydrogen-bond donors (Lipinski definition) is 2. The van der Waals surface area contributed by atoms with Crippen LogP contribution in [0, 0.1) is 5.92 Å². The molecule has 2 rings (SSSR count). The summed E-state index contributed by atoms with van der Waals surface area (Å²) >= 11 is 0. The number of carbonyl (C=O) groups is 2. The van der Waals surface area contributed by atoms with Gasteiger partial charge in [0, 0.05) is 30.2 Å². The fourth-order valence-corrected chi connectivity index (χ4v) is 2.49. The van der Waals surface area contributed by atoms with Crippen LogP contribution in [0.5, 0.6) is 0 Å². The van der Waals surface area contributed by atoms with Gasteiger partial charge in [-0.1, -0.05) is 0 Å². The van der Waals surface area contributed by atoms with Crippen LogP contribution >= 0.6 is 0 Å². The van der Waals surface area contributed by atoms with Crippen molar-refractivity contribution in [2.24, 2.45) is 11.7 Å². The van der Waals surface area contributed by atoms with E-state index in [1.165, 1.54) is 0 Å². The number of ketones is 1. The average molecular weight is 222 g/mol. The molecule has 0 aliphatic heterocycles. The fourth-order valence-electron chi connectivity index (χ4n) is 2.49. The molecule has 1 saturated carbocycles. The lowest BCUT2D eigenvalue weighted by molar-refractivity contribution is -0.122. The summed E-state index contributed by atoms with van der Waals surface area (Å²) in [5, 5.41) is 3.40. The predicted molar refractivity (Wildman–Crippen MR) is 60.4 cm³/mol. The maximum Gasteiger partial charge on any atom is 0.220 e. The molecule has 4 heteroatoms. The van der Waals surface area contributed by atoms with Gasteiger partial charge in [0.2, 0.25) is 5.91 Å². The molecule has 16 heavy (non-hydrogen) atoms. The van der Waals surface area contributed by atoms with Crippen molar-refractivity contribution in [2.45, 2.75) is 44.6 Å². The van der Waals surface area contributed by atoms with Crippen molar-refractivity contribution in [1.29, 1.82) is 0 Å². The summed E-state index contributed by atoms with van der Waals surface area (Å²) in [4.78, 5) is 22.1. The van der Waals surface area contributed by atoms with Gasteiger partial charge in [0.25, 0.3) is 0 Å². The molecule has 0 aromatic carbocycles. The van der Waals surface area contributed by atoms with E-state index < -0.39 is 0 Å². The number of primary amides is 1. The monoisotopic (exact) mass is 222 g/mol. The highest BCUT2D eigenvalue weighted by molar-refractivity contribution is 5.92. The minimum absolute atomic E-state index is 0.0530. The second kappa shape index (κ2) is 4.68. The summed E-state index contributed by atoms with van der Waals surface area (Å²) in [6.07, 6.45) is 6.87. The Hall–Kier alpha value is -1.32. The van der Waals surface area contributed by atoms with Crippen LogP contribution in [0.1, 0.15) is 38.5 Å². The molecular weight excluding hydrogens is 204 g/mol. The lowest BCUT2D eigenvalue weighted by Gasteiger charge is -2.28. The van der Waals surface area contributed by atoms with Crippen molar-refractivity contribution >= 4 is 11.7 Å². The van der Waals surface area contributed by atoms with Crippen LogP contribution < -0.4 is 11.1 Å². The third-order valence-electron chi connectivity index (χ3n) is 3.50. The molecule has 0 aromatic rings. The molecule has 0 spiro atoms. The number of allylic oxidation sites excluding steroid dienone is 2. The fraction of sp³-hybridized carbons (Fsp3) is 0.667.